The molecule has 1 aromatic carbocycles. The minimum absolute atomic E-state index is 0.0299. The zero-order valence-electron chi connectivity index (χ0n) is 9.60. The van der Waals surface area contributed by atoms with Gasteiger partial charge in [-0.05, 0) is 24.1 Å². The Kier molecular flexibility index (Phi) is 3.83. The van der Waals surface area contributed by atoms with Gasteiger partial charge in [-0.1, -0.05) is 26.0 Å². The van der Waals surface area contributed by atoms with Gasteiger partial charge in [-0.25, -0.2) is 4.39 Å². The molecular formula is C12H19FN2. The van der Waals surface area contributed by atoms with Gasteiger partial charge in [-0.2, -0.15) is 0 Å². The fourth-order valence-electron chi connectivity index (χ4n) is 1.55. The van der Waals surface area contributed by atoms with Gasteiger partial charge in [0.2, 0.25) is 0 Å². The summed E-state index contributed by atoms with van der Waals surface area (Å²) in [6, 6.07) is 5.25. The van der Waals surface area contributed by atoms with Gasteiger partial charge in [-0.3, -0.25) is 0 Å². The van der Waals surface area contributed by atoms with Crippen LogP contribution in [0.25, 0.3) is 0 Å². The van der Waals surface area contributed by atoms with E-state index < -0.39 is 0 Å². The number of nitrogens with two attached hydrogens (primary N) is 1. The summed E-state index contributed by atoms with van der Waals surface area (Å²) in [5.74, 6) is -0.152. The van der Waals surface area contributed by atoms with Crippen LogP contribution in [0.3, 0.4) is 0 Å². The van der Waals surface area contributed by atoms with Gasteiger partial charge in [0.1, 0.15) is 5.82 Å². The summed E-state index contributed by atoms with van der Waals surface area (Å²) in [6.45, 7) is 7.26. The average Bonchev–Trinajstić information content (AvgIpc) is 2.19. The Morgan fingerprint density at radius 2 is 2.07 bits per heavy atom. The standard InChI is InChI=1S/C12H19FN2/c1-9-6-10(4-5-11(9)13)12(2,3)7-15-8-14/h4-6,15H,7-8,14H2,1-3H3. The molecule has 0 aliphatic heterocycles. The molecule has 3 heteroatoms. The molecule has 0 radical (unpaired) electrons. The highest BCUT2D eigenvalue weighted by Gasteiger charge is 2.20. The number of aryl methyl sites for hydroxylation is 1. The van der Waals surface area contributed by atoms with Gasteiger partial charge in [0.05, 0.1) is 0 Å². The number of hydrogen-bond donors (Lipinski definition) is 2. The first-order valence-electron chi connectivity index (χ1n) is 5.15. The van der Waals surface area contributed by atoms with Crippen LogP contribution >= 0.6 is 0 Å². The minimum atomic E-state index is -0.152. The van der Waals surface area contributed by atoms with Gasteiger partial charge in [0.25, 0.3) is 0 Å². The van der Waals surface area contributed by atoms with Crippen LogP contribution < -0.4 is 11.1 Å². The van der Waals surface area contributed by atoms with Crippen LogP contribution in [-0.4, -0.2) is 13.2 Å². The van der Waals surface area contributed by atoms with Crippen LogP contribution in [0.2, 0.25) is 0 Å². The molecule has 0 aliphatic rings. The fraction of sp³-hybridized carbons (Fsp3) is 0.500. The van der Waals surface area contributed by atoms with Gasteiger partial charge in [-0.15, -0.1) is 0 Å². The molecule has 0 unspecified atom stereocenters. The van der Waals surface area contributed by atoms with Crippen molar-refractivity contribution in [3.05, 3.63) is 35.1 Å². The predicted molar refractivity (Wildman–Crippen MR) is 61.2 cm³/mol. The van der Waals surface area contributed by atoms with E-state index in [1.807, 2.05) is 12.1 Å². The second-order valence-electron chi connectivity index (χ2n) is 4.48. The van der Waals surface area contributed by atoms with Crippen LogP contribution in [0.5, 0.6) is 0 Å². The van der Waals surface area contributed by atoms with Gasteiger partial charge in [0, 0.05) is 18.6 Å². The molecule has 0 fully saturated rings. The van der Waals surface area contributed by atoms with Crippen LogP contribution in [0.1, 0.15) is 25.0 Å². The van der Waals surface area contributed by atoms with Crippen molar-refractivity contribution in [2.75, 3.05) is 13.2 Å². The first kappa shape index (κ1) is 12.1. The first-order chi connectivity index (χ1) is 6.97. The van der Waals surface area contributed by atoms with E-state index in [1.54, 1.807) is 6.92 Å². The minimum Gasteiger partial charge on any atom is -0.318 e. The maximum atomic E-state index is 13.1. The Morgan fingerprint density at radius 1 is 1.40 bits per heavy atom. The molecule has 2 nitrogen and oxygen atoms in total. The number of rotatable bonds is 4. The fourth-order valence-corrected chi connectivity index (χ4v) is 1.55. The predicted octanol–water partition coefficient (Wildman–Crippen LogP) is 1.92. The molecule has 0 heterocycles. The smallest absolute Gasteiger partial charge is 0.126 e. The largest absolute Gasteiger partial charge is 0.318 e. The van der Waals surface area contributed by atoms with E-state index in [2.05, 4.69) is 19.2 Å². The summed E-state index contributed by atoms with van der Waals surface area (Å²) in [4.78, 5) is 0. The zero-order valence-corrected chi connectivity index (χ0v) is 9.60. The SMILES string of the molecule is Cc1cc(C(C)(C)CNCN)ccc1F. The van der Waals surface area contributed by atoms with Crippen molar-refractivity contribution in [1.29, 1.82) is 0 Å². The van der Waals surface area contributed by atoms with Gasteiger partial charge < -0.3 is 11.1 Å². The highest BCUT2D eigenvalue weighted by Crippen LogP contribution is 2.24. The quantitative estimate of drug-likeness (QED) is 0.745. The monoisotopic (exact) mass is 210 g/mol. The molecule has 0 bridgehead atoms. The lowest BCUT2D eigenvalue weighted by Crippen LogP contribution is -2.36. The molecule has 0 saturated heterocycles. The Labute approximate surface area is 90.7 Å². The lowest BCUT2D eigenvalue weighted by atomic mass is 9.84. The van der Waals surface area contributed by atoms with Crippen molar-refractivity contribution in [3.63, 3.8) is 0 Å². The van der Waals surface area contributed by atoms with Crippen LogP contribution in [0, 0.1) is 12.7 Å². The van der Waals surface area contributed by atoms with Crippen molar-refractivity contribution in [1.82, 2.24) is 5.32 Å². The molecule has 84 valence electrons. The molecule has 0 aliphatic carbocycles. The summed E-state index contributed by atoms with van der Waals surface area (Å²) in [7, 11) is 0. The van der Waals surface area contributed by atoms with Gasteiger partial charge >= 0.3 is 0 Å². The van der Waals surface area contributed by atoms with Gasteiger partial charge in [0.15, 0.2) is 0 Å². The number of benzene rings is 1. The molecule has 0 amide bonds. The maximum absolute atomic E-state index is 13.1. The summed E-state index contributed by atoms with van der Waals surface area (Å²) in [6.07, 6.45) is 0. The Bertz CT molecular complexity index is 334. The average molecular weight is 210 g/mol. The summed E-state index contributed by atoms with van der Waals surface area (Å²) >= 11 is 0. The molecule has 0 aromatic heterocycles. The van der Waals surface area contributed by atoms with E-state index in [0.29, 0.717) is 12.2 Å². The van der Waals surface area contributed by atoms with Crippen molar-refractivity contribution in [2.45, 2.75) is 26.2 Å². The van der Waals surface area contributed by atoms with E-state index >= 15 is 0 Å². The maximum Gasteiger partial charge on any atom is 0.126 e. The molecule has 0 spiro atoms. The molecule has 1 rings (SSSR count). The summed E-state index contributed by atoms with van der Waals surface area (Å²) < 4.78 is 13.1. The van der Waals surface area contributed by atoms with Crippen molar-refractivity contribution in [2.24, 2.45) is 5.73 Å². The van der Waals surface area contributed by atoms with E-state index in [1.165, 1.54) is 6.07 Å². The van der Waals surface area contributed by atoms with Crippen molar-refractivity contribution >= 4 is 0 Å². The third-order valence-electron chi connectivity index (χ3n) is 2.65. The molecular weight excluding hydrogens is 191 g/mol. The Morgan fingerprint density at radius 3 is 2.60 bits per heavy atom. The number of nitrogens with one attached hydrogen (secondary N) is 1. The molecule has 1 aromatic rings. The van der Waals surface area contributed by atoms with Crippen LogP contribution in [0.4, 0.5) is 4.39 Å². The molecule has 0 saturated carbocycles. The first-order valence-corrected chi connectivity index (χ1v) is 5.15. The number of halogens is 1. The normalized spacial score (nSPS) is 11.8. The highest BCUT2D eigenvalue weighted by atomic mass is 19.1. The van der Waals surface area contributed by atoms with E-state index in [4.69, 9.17) is 5.73 Å². The lowest BCUT2D eigenvalue weighted by molar-refractivity contribution is 0.473. The molecule has 15 heavy (non-hydrogen) atoms. The molecule has 0 atom stereocenters. The van der Waals surface area contributed by atoms with Crippen molar-refractivity contribution < 1.29 is 4.39 Å². The summed E-state index contributed by atoms with van der Waals surface area (Å²) in [5.41, 5.74) is 7.18. The van der Waals surface area contributed by atoms with Crippen LogP contribution in [-0.2, 0) is 5.41 Å². The lowest BCUT2D eigenvalue weighted by Gasteiger charge is -2.26. The Balaban J connectivity index is 2.89. The third-order valence-corrected chi connectivity index (χ3v) is 2.65. The van der Waals surface area contributed by atoms with E-state index in [9.17, 15) is 4.39 Å². The topological polar surface area (TPSA) is 38.0 Å². The zero-order chi connectivity index (χ0) is 11.5. The second-order valence-corrected chi connectivity index (χ2v) is 4.48. The third kappa shape index (κ3) is 3.01. The molecule has 3 N–H and O–H groups in total. The van der Waals surface area contributed by atoms with Crippen LogP contribution in [0.15, 0.2) is 18.2 Å². The van der Waals surface area contributed by atoms with E-state index in [0.717, 1.165) is 12.1 Å². The second kappa shape index (κ2) is 4.73. The Hall–Kier alpha value is -0.930. The number of hydrogen-bond acceptors (Lipinski definition) is 2. The van der Waals surface area contributed by atoms with E-state index in [-0.39, 0.29) is 11.2 Å². The van der Waals surface area contributed by atoms with Crippen molar-refractivity contribution in [3.8, 4) is 0 Å². The highest BCUT2D eigenvalue weighted by molar-refractivity contribution is 5.29. The summed E-state index contributed by atoms with van der Waals surface area (Å²) in [5, 5.41) is 3.11.